The van der Waals surface area contributed by atoms with Crippen molar-refractivity contribution in [1.82, 2.24) is 4.57 Å². The number of aryl methyl sites for hydroxylation is 1. The second-order valence-electron chi connectivity index (χ2n) is 6.12. The number of nitrogens with zero attached hydrogens (tertiary/aromatic N) is 3. The molecule has 0 aliphatic rings. The smallest absolute Gasteiger partial charge is 0.0998 e. The number of halogens is 2. The van der Waals surface area contributed by atoms with Gasteiger partial charge < -0.3 is 4.57 Å². The first-order chi connectivity index (χ1) is 12.9. The van der Waals surface area contributed by atoms with E-state index < -0.39 is 0 Å². The van der Waals surface area contributed by atoms with Gasteiger partial charge in [-0.15, -0.1) is 0 Å². The highest BCUT2D eigenvalue weighted by Crippen LogP contribution is 2.29. The molecular weight excluding hydrogens is 377 g/mol. The number of allylic oxidation sites excluding steroid dienone is 1. The number of benzene rings is 2. The summed E-state index contributed by atoms with van der Waals surface area (Å²) < 4.78 is 2.06. The zero-order valence-electron chi connectivity index (χ0n) is 14.8. The molecule has 0 saturated heterocycles. The minimum Gasteiger partial charge on any atom is -0.318 e. The van der Waals surface area contributed by atoms with E-state index in [0.717, 1.165) is 28.2 Å². The van der Waals surface area contributed by atoms with E-state index in [-0.39, 0.29) is 0 Å². The average molecular weight is 392 g/mol. The first-order valence-electron chi connectivity index (χ1n) is 8.21. The van der Waals surface area contributed by atoms with E-state index in [4.69, 9.17) is 28.5 Å². The van der Waals surface area contributed by atoms with Crippen LogP contribution in [-0.2, 0) is 0 Å². The highest BCUT2D eigenvalue weighted by molar-refractivity contribution is 6.42. The molecular formula is C22H15Cl2N3. The molecule has 3 aromatic rings. The van der Waals surface area contributed by atoms with Crippen LogP contribution >= 0.6 is 23.2 Å². The van der Waals surface area contributed by atoms with E-state index in [2.05, 4.69) is 16.7 Å². The zero-order valence-corrected chi connectivity index (χ0v) is 16.3. The summed E-state index contributed by atoms with van der Waals surface area (Å²) in [7, 11) is 0. The fraction of sp³-hybridized carbons (Fsp3) is 0.0909. The molecule has 0 atom stereocenters. The predicted octanol–water partition coefficient (Wildman–Crippen LogP) is 6.34. The van der Waals surface area contributed by atoms with Gasteiger partial charge in [-0.2, -0.15) is 10.5 Å². The van der Waals surface area contributed by atoms with Crippen molar-refractivity contribution in [3.05, 3.63) is 86.7 Å². The molecule has 0 saturated carbocycles. The van der Waals surface area contributed by atoms with Gasteiger partial charge in [0.1, 0.15) is 0 Å². The van der Waals surface area contributed by atoms with Gasteiger partial charge in [-0.25, -0.2) is 0 Å². The van der Waals surface area contributed by atoms with Crippen molar-refractivity contribution < 1.29 is 0 Å². The molecule has 5 heteroatoms. The Labute approximate surface area is 168 Å². The van der Waals surface area contributed by atoms with Crippen LogP contribution in [0.4, 0.5) is 0 Å². The molecule has 0 aliphatic heterocycles. The van der Waals surface area contributed by atoms with Gasteiger partial charge in [0, 0.05) is 17.1 Å². The molecule has 0 spiro atoms. The molecule has 0 unspecified atom stereocenters. The lowest BCUT2D eigenvalue weighted by Crippen LogP contribution is -1.99. The fourth-order valence-corrected chi connectivity index (χ4v) is 3.34. The van der Waals surface area contributed by atoms with Crippen molar-refractivity contribution in [2.24, 2.45) is 0 Å². The fourth-order valence-electron chi connectivity index (χ4n) is 3.05. The molecule has 0 bridgehead atoms. The summed E-state index contributed by atoms with van der Waals surface area (Å²) in [6.07, 6.45) is 1.84. The summed E-state index contributed by atoms with van der Waals surface area (Å²) in [6, 6.07) is 18.9. The molecule has 27 heavy (non-hydrogen) atoms. The highest BCUT2D eigenvalue weighted by Gasteiger charge is 2.12. The summed E-state index contributed by atoms with van der Waals surface area (Å²) in [6.45, 7) is 3.98. The van der Waals surface area contributed by atoms with Crippen LogP contribution in [0.2, 0.25) is 10.0 Å². The van der Waals surface area contributed by atoms with Crippen molar-refractivity contribution in [3.63, 3.8) is 0 Å². The summed E-state index contributed by atoms with van der Waals surface area (Å²) in [5.41, 5.74) is 5.57. The Bertz CT molecular complexity index is 1140. The van der Waals surface area contributed by atoms with E-state index in [0.29, 0.717) is 21.2 Å². The number of nitriles is 2. The molecule has 0 amide bonds. The standard InChI is InChI=1S/C22H15Cl2N3/c1-14-8-18(10-19(13-26)17-5-3-4-16(9-17)12-25)15(2)27(14)20-6-7-21(23)22(24)11-20/h3-11H,1-2H3/b19-10-. The van der Waals surface area contributed by atoms with Gasteiger partial charge in [-0.1, -0.05) is 35.3 Å². The Balaban J connectivity index is 2.10. The molecule has 1 aromatic heterocycles. The molecule has 3 nitrogen and oxygen atoms in total. The predicted molar refractivity (Wildman–Crippen MR) is 110 cm³/mol. The van der Waals surface area contributed by atoms with Gasteiger partial charge in [0.2, 0.25) is 0 Å². The van der Waals surface area contributed by atoms with Crippen LogP contribution in [0.1, 0.15) is 28.1 Å². The summed E-state index contributed by atoms with van der Waals surface area (Å²) >= 11 is 12.2. The maximum Gasteiger partial charge on any atom is 0.0998 e. The van der Waals surface area contributed by atoms with Crippen molar-refractivity contribution >= 4 is 34.9 Å². The minimum absolute atomic E-state index is 0.491. The maximum atomic E-state index is 9.62. The Morgan fingerprint density at radius 3 is 2.44 bits per heavy atom. The lowest BCUT2D eigenvalue weighted by Gasteiger charge is -2.10. The van der Waals surface area contributed by atoms with Gasteiger partial charge in [-0.05, 0) is 67.4 Å². The highest BCUT2D eigenvalue weighted by atomic mass is 35.5. The number of rotatable bonds is 3. The molecule has 1 heterocycles. The van der Waals surface area contributed by atoms with Crippen LogP contribution in [0.15, 0.2) is 48.5 Å². The molecule has 0 N–H and O–H groups in total. The van der Waals surface area contributed by atoms with Crippen molar-refractivity contribution in [2.75, 3.05) is 0 Å². The lowest BCUT2D eigenvalue weighted by molar-refractivity contribution is 0.965. The van der Waals surface area contributed by atoms with Crippen LogP contribution < -0.4 is 0 Å². The van der Waals surface area contributed by atoms with Crippen LogP contribution in [0.25, 0.3) is 17.3 Å². The van der Waals surface area contributed by atoms with Gasteiger partial charge in [0.05, 0.1) is 33.3 Å². The third-order valence-electron chi connectivity index (χ3n) is 4.35. The monoisotopic (exact) mass is 391 g/mol. The largest absolute Gasteiger partial charge is 0.318 e. The quantitative estimate of drug-likeness (QED) is 0.489. The Morgan fingerprint density at radius 1 is 1.00 bits per heavy atom. The average Bonchev–Trinajstić information content (AvgIpc) is 2.95. The van der Waals surface area contributed by atoms with Gasteiger partial charge in [-0.3, -0.25) is 0 Å². The van der Waals surface area contributed by atoms with Crippen LogP contribution in [0.5, 0.6) is 0 Å². The second-order valence-corrected chi connectivity index (χ2v) is 6.94. The second kappa shape index (κ2) is 7.72. The van der Waals surface area contributed by atoms with Crippen molar-refractivity contribution in [2.45, 2.75) is 13.8 Å². The Kier molecular flexibility index (Phi) is 5.38. The summed E-state index contributed by atoms with van der Waals surface area (Å²) in [5.74, 6) is 0. The third kappa shape index (κ3) is 3.76. The zero-order chi connectivity index (χ0) is 19.6. The third-order valence-corrected chi connectivity index (χ3v) is 5.09. The van der Waals surface area contributed by atoms with E-state index in [9.17, 15) is 5.26 Å². The van der Waals surface area contributed by atoms with Crippen molar-refractivity contribution in [3.8, 4) is 17.8 Å². The van der Waals surface area contributed by atoms with E-state index in [1.807, 2.05) is 44.2 Å². The van der Waals surface area contributed by atoms with Gasteiger partial charge in [0.25, 0.3) is 0 Å². The van der Waals surface area contributed by atoms with Crippen molar-refractivity contribution in [1.29, 1.82) is 10.5 Å². The van der Waals surface area contributed by atoms with Crippen LogP contribution in [0, 0.1) is 36.5 Å². The first-order valence-corrected chi connectivity index (χ1v) is 8.97. The van der Waals surface area contributed by atoms with E-state index >= 15 is 0 Å². The Hall–Kier alpha value is -2.98. The van der Waals surface area contributed by atoms with Crippen LogP contribution in [0.3, 0.4) is 0 Å². The summed E-state index contributed by atoms with van der Waals surface area (Å²) in [5, 5.41) is 19.7. The molecule has 3 rings (SSSR count). The van der Waals surface area contributed by atoms with Gasteiger partial charge in [0.15, 0.2) is 0 Å². The SMILES string of the molecule is Cc1cc(/C=C(/C#N)c2cccc(C#N)c2)c(C)n1-c1ccc(Cl)c(Cl)c1. The maximum absolute atomic E-state index is 9.62. The molecule has 2 aromatic carbocycles. The van der Waals surface area contributed by atoms with E-state index in [1.165, 1.54) is 0 Å². The minimum atomic E-state index is 0.491. The topological polar surface area (TPSA) is 52.5 Å². The number of aromatic nitrogens is 1. The number of hydrogen-bond donors (Lipinski definition) is 0. The Morgan fingerprint density at radius 2 is 1.78 bits per heavy atom. The lowest BCUT2D eigenvalue weighted by atomic mass is 10.0. The van der Waals surface area contributed by atoms with Crippen LogP contribution in [-0.4, -0.2) is 4.57 Å². The normalized spacial score (nSPS) is 11.1. The van der Waals surface area contributed by atoms with E-state index in [1.54, 1.807) is 24.3 Å². The van der Waals surface area contributed by atoms with Gasteiger partial charge >= 0.3 is 0 Å². The number of hydrogen-bond acceptors (Lipinski definition) is 2. The molecule has 0 fully saturated rings. The summed E-state index contributed by atoms with van der Waals surface area (Å²) in [4.78, 5) is 0. The molecule has 132 valence electrons. The molecule has 0 aliphatic carbocycles. The first kappa shape index (κ1) is 18.8. The molecule has 0 radical (unpaired) electrons.